The van der Waals surface area contributed by atoms with Crippen molar-refractivity contribution in [2.24, 2.45) is 15.3 Å². The molecule has 1 aromatic heterocycles. The SMILES string of the molecule is CC(c1ccc(C(F)(F)F)nc1)[SH](C)(O)=NC(N)=NOCc1ccc(Cl)cc1. The number of thiol groups is 1. The highest BCUT2D eigenvalue weighted by Gasteiger charge is 2.32. The Hall–Kier alpha value is -2.17. The lowest BCUT2D eigenvalue weighted by molar-refractivity contribution is -0.141. The van der Waals surface area contributed by atoms with E-state index in [0.29, 0.717) is 10.6 Å². The summed E-state index contributed by atoms with van der Waals surface area (Å²) in [6.07, 6.45) is -1.99. The van der Waals surface area contributed by atoms with Gasteiger partial charge in [-0.3, -0.25) is 4.98 Å². The molecule has 0 saturated carbocycles. The molecule has 1 unspecified atom stereocenters. The van der Waals surface area contributed by atoms with Gasteiger partial charge in [0.05, 0.1) is 0 Å². The Labute approximate surface area is 166 Å². The molecule has 2 aromatic rings. The first-order chi connectivity index (χ1) is 13.0. The van der Waals surface area contributed by atoms with Crippen molar-refractivity contribution in [3.8, 4) is 0 Å². The summed E-state index contributed by atoms with van der Waals surface area (Å²) in [6.45, 7) is 1.76. The predicted octanol–water partition coefficient (Wildman–Crippen LogP) is 4.43. The summed E-state index contributed by atoms with van der Waals surface area (Å²) in [5.74, 6) is -0.265. The second-order valence-electron chi connectivity index (χ2n) is 6.08. The number of oxime groups is 1. The Morgan fingerprint density at radius 2 is 1.93 bits per heavy atom. The molecular weight excluding hydrogens is 417 g/mol. The first kappa shape index (κ1) is 22.1. The van der Waals surface area contributed by atoms with Crippen molar-refractivity contribution in [1.29, 1.82) is 0 Å². The van der Waals surface area contributed by atoms with Crippen molar-refractivity contribution in [3.05, 3.63) is 64.4 Å². The van der Waals surface area contributed by atoms with Gasteiger partial charge >= 0.3 is 6.18 Å². The van der Waals surface area contributed by atoms with Gasteiger partial charge in [-0.2, -0.15) is 17.5 Å². The summed E-state index contributed by atoms with van der Waals surface area (Å²) in [5, 5.41) is 3.65. The highest BCUT2D eigenvalue weighted by Crippen LogP contribution is 2.30. The number of hydrogen-bond donors (Lipinski definition) is 3. The van der Waals surface area contributed by atoms with E-state index in [1.54, 1.807) is 31.2 Å². The molecule has 11 heteroatoms. The van der Waals surface area contributed by atoms with Gasteiger partial charge in [-0.1, -0.05) is 39.9 Å². The minimum absolute atomic E-state index is 0.131. The molecule has 0 bridgehead atoms. The average Bonchev–Trinajstić information content (AvgIpc) is 2.61. The first-order valence-electron chi connectivity index (χ1n) is 8.04. The van der Waals surface area contributed by atoms with E-state index in [1.165, 1.54) is 12.3 Å². The molecule has 0 saturated heterocycles. The maximum atomic E-state index is 12.6. The summed E-state index contributed by atoms with van der Waals surface area (Å²) in [5.41, 5.74) is 5.90. The van der Waals surface area contributed by atoms with Crippen LogP contribution in [0.4, 0.5) is 13.2 Å². The summed E-state index contributed by atoms with van der Waals surface area (Å²) >= 11 is 5.79. The van der Waals surface area contributed by atoms with Crippen LogP contribution in [0.2, 0.25) is 5.02 Å². The Morgan fingerprint density at radius 1 is 1.29 bits per heavy atom. The number of nitrogens with zero attached hydrogens (tertiary/aromatic N) is 3. The van der Waals surface area contributed by atoms with Crippen LogP contribution in [0.3, 0.4) is 0 Å². The average molecular weight is 437 g/mol. The molecule has 0 amide bonds. The lowest BCUT2D eigenvalue weighted by Crippen LogP contribution is -2.22. The van der Waals surface area contributed by atoms with Crippen LogP contribution in [-0.2, 0) is 27.7 Å². The van der Waals surface area contributed by atoms with E-state index < -0.39 is 27.2 Å². The molecule has 0 spiro atoms. The van der Waals surface area contributed by atoms with Crippen molar-refractivity contribution < 1.29 is 22.6 Å². The van der Waals surface area contributed by atoms with Gasteiger partial charge in [0.25, 0.3) is 5.96 Å². The molecule has 6 nitrogen and oxygen atoms in total. The molecule has 0 aliphatic heterocycles. The van der Waals surface area contributed by atoms with Gasteiger partial charge in [-0.15, -0.1) is 0 Å². The quantitative estimate of drug-likeness (QED) is 0.279. The van der Waals surface area contributed by atoms with E-state index in [2.05, 4.69) is 14.5 Å². The maximum absolute atomic E-state index is 12.6. The third kappa shape index (κ3) is 6.18. The zero-order valence-electron chi connectivity index (χ0n) is 15.1. The van der Waals surface area contributed by atoms with Crippen LogP contribution >= 0.6 is 11.6 Å². The molecule has 0 aliphatic rings. The number of nitrogens with two attached hydrogens (primary N) is 1. The second kappa shape index (κ2) is 8.89. The molecule has 1 heterocycles. The Balaban J connectivity index is 2.07. The third-order valence-corrected chi connectivity index (χ3v) is 6.53. The summed E-state index contributed by atoms with van der Waals surface area (Å²) in [4.78, 5) is 8.50. The van der Waals surface area contributed by atoms with Gasteiger partial charge < -0.3 is 15.1 Å². The molecule has 0 radical (unpaired) electrons. The number of guanidine groups is 1. The van der Waals surface area contributed by atoms with Gasteiger partial charge in [-0.25, -0.2) is 0 Å². The number of alkyl halides is 3. The Morgan fingerprint density at radius 3 is 2.46 bits per heavy atom. The molecule has 154 valence electrons. The fourth-order valence-corrected chi connectivity index (χ4v) is 3.64. The number of aromatic nitrogens is 1. The largest absolute Gasteiger partial charge is 0.433 e. The molecule has 1 aromatic carbocycles. The number of halogens is 4. The topological polar surface area (TPSA) is 93.1 Å². The van der Waals surface area contributed by atoms with Crippen molar-refractivity contribution in [3.63, 3.8) is 0 Å². The lowest BCUT2D eigenvalue weighted by atomic mass is 10.2. The highest BCUT2D eigenvalue weighted by atomic mass is 35.5. The van der Waals surface area contributed by atoms with Crippen LogP contribution < -0.4 is 5.73 Å². The molecular formula is C17H20ClF3N4O2S. The molecule has 1 atom stereocenters. The van der Waals surface area contributed by atoms with Gasteiger partial charge in [0, 0.05) is 16.5 Å². The number of benzene rings is 1. The smallest absolute Gasteiger partial charge is 0.388 e. The minimum Gasteiger partial charge on any atom is -0.388 e. The summed E-state index contributed by atoms with van der Waals surface area (Å²) in [6, 6.07) is 9.04. The summed E-state index contributed by atoms with van der Waals surface area (Å²) in [7, 11) is -3.04. The van der Waals surface area contributed by atoms with Crippen molar-refractivity contribution in [2.75, 3.05) is 6.26 Å². The predicted molar refractivity (Wildman–Crippen MR) is 105 cm³/mol. The van der Waals surface area contributed by atoms with E-state index in [4.69, 9.17) is 22.2 Å². The van der Waals surface area contributed by atoms with Crippen LogP contribution in [-0.4, -0.2) is 21.8 Å². The van der Waals surface area contributed by atoms with E-state index >= 15 is 0 Å². The molecule has 0 fully saturated rings. The lowest BCUT2D eigenvalue weighted by Gasteiger charge is -2.26. The zero-order valence-corrected chi connectivity index (χ0v) is 16.7. The number of rotatable bonds is 5. The Kier molecular flexibility index (Phi) is 7.02. The van der Waals surface area contributed by atoms with Crippen LogP contribution in [0.15, 0.2) is 52.1 Å². The van der Waals surface area contributed by atoms with Gasteiger partial charge in [0.15, 0.2) is 0 Å². The number of pyridine rings is 1. The highest BCUT2D eigenvalue weighted by molar-refractivity contribution is 7.99. The standard InChI is InChI=1S/C17H20ClF3N4O2S/c1-11(13-5-8-15(23-9-13)17(19,20)21)28(2,26)25-16(22)24-27-10-12-3-6-14(18)7-4-12/h3-9,11,28H,10H2,1-2H3,(H3,22,24,25,26). The maximum Gasteiger partial charge on any atom is 0.433 e. The van der Waals surface area contributed by atoms with Crippen molar-refractivity contribution in [2.45, 2.75) is 25.0 Å². The van der Waals surface area contributed by atoms with E-state index in [9.17, 15) is 17.7 Å². The fraction of sp³-hybridized carbons (Fsp3) is 0.294. The minimum atomic E-state index is -4.53. The van der Waals surface area contributed by atoms with Crippen LogP contribution in [0, 0.1) is 0 Å². The molecule has 28 heavy (non-hydrogen) atoms. The fourth-order valence-electron chi connectivity index (χ4n) is 2.17. The van der Waals surface area contributed by atoms with Crippen molar-refractivity contribution >= 4 is 27.7 Å². The van der Waals surface area contributed by atoms with Crippen LogP contribution in [0.25, 0.3) is 0 Å². The zero-order chi connectivity index (χ0) is 20.9. The number of hydrogen-bond acceptors (Lipinski definition) is 3. The molecule has 3 N–H and O–H groups in total. The van der Waals surface area contributed by atoms with Crippen molar-refractivity contribution in [1.82, 2.24) is 4.98 Å². The van der Waals surface area contributed by atoms with Gasteiger partial charge in [0.2, 0.25) is 0 Å². The molecule has 0 aliphatic carbocycles. The van der Waals surface area contributed by atoms with E-state index in [1.807, 2.05) is 0 Å². The summed E-state index contributed by atoms with van der Waals surface area (Å²) < 4.78 is 52.5. The Bertz CT molecular complexity index is 881. The van der Waals surface area contributed by atoms with Crippen LogP contribution in [0.5, 0.6) is 0 Å². The normalized spacial score (nSPS) is 14.5. The van der Waals surface area contributed by atoms with Crippen LogP contribution in [0.1, 0.15) is 29.0 Å². The molecule has 2 rings (SSSR count). The van der Waals surface area contributed by atoms with E-state index in [0.717, 1.165) is 17.8 Å². The third-order valence-electron chi connectivity index (χ3n) is 3.90. The van der Waals surface area contributed by atoms with E-state index in [-0.39, 0.29) is 12.6 Å². The monoisotopic (exact) mass is 436 g/mol. The first-order valence-corrected chi connectivity index (χ1v) is 10.6. The second-order valence-corrected chi connectivity index (χ2v) is 9.45. The van der Waals surface area contributed by atoms with Gasteiger partial charge in [0.1, 0.15) is 12.3 Å². The van der Waals surface area contributed by atoms with Gasteiger partial charge in [-0.05, 0) is 47.7 Å².